The molecule has 1 N–H and O–H groups in total. The van der Waals surface area contributed by atoms with Gasteiger partial charge in [0.05, 0.1) is 0 Å². The summed E-state index contributed by atoms with van der Waals surface area (Å²) in [6.45, 7) is 2.20. The molecule has 18 heavy (non-hydrogen) atoms. The van der Waals surface area contributed by atoms with Crippen LogP contribution >= 0.6 is 11.6 Å². The van der Waals surface area contributed by atoms with E-state index in [1.807, 2.05) is 18.2 Å². The average Bonchev–Trinajstić information content (AvgIpc) is 2.32. The summed E-state index contributed by atoms with van der Waals surface area (Å²) in [6, 6.07) is 8.99. The lowest BCUT2D eigenvalue weighted by atomic mass is 10.0. The van der Waals surface area contributed by atoms with Crippen molar-refractivity contribution in [3.63, 3.8) is 0 Å². The van der Waals surface area contributed by atoms with Gasteiger partial charge in [0.2, 0.25) is 0 Å². The molecule has 2 nitrogen and oxygen atoms in total. The fraction of sp³-hybridized carbons (Fsp3) is 0.571. The second-order valence-electron chi connectivity index (χ2n) is 5.02. The topological polar surface area (TPSA) is 29.1 Å². The van der Waals surface area contributed by atoms with E-state index in [0.29, 0.717) is 12.1 Å². The molecular formula is C14H20ClNOS. The fourth-order valence-corrected chi connectivity index (χ4v) is 3.95. The lowest BCUT2D eigenvalue weighted by molar-refractivity contribution is 0.417. The summed E-state index contributed by atoms with van der Waals surface area (Å²) < 4.78 is 11.3. The molecule has 1 aromatic carbocycles. The van der Waals surface area contributed by atoms with E-state index in [2.05, 4.69) is 18.3 Å². The Morgan fingerprint density at radius 2 is 2.17 bits per heavy atom. The van der Waals surface area contributed by atoms with Crippen LogP contribution in [0.3, 0.4) is 0 Å². The lowest BCUT2D eigenvalue weighted by Crippen LogP contribution is -2.41. The van der Waals surface area contributed by atoms with Gasteiger partial charge in [-0.05, 0) is 43.9 Å². The highest BCUT2D eigenvalue weighted by Gasteiger charge is 2.19. The van der Waals surface area contributed by atoms with Gasteiger partial charge in [-0.25, -0.2) is 0 Å². The van der Waals surface area contributed by atoms with Crippen LogP contribution in [0.2, 0.25) is 5.02 Å². The normalized spacial score (nSPS) is 25.9. The molecule has 0 aromatic heterocycles. The molecule has 0 bridgehead atoms. The van der Waals surface area contributed by atoms with E-state index in [4.69, 9.17) is 11.6 Å². The maximum absolute atomic E-state index is 11.3. The molecule has 2 rings (SSSR count). The Morgan fingerprint density at radius 1 is 1.44 bits per heavy atom. The van der Waals surface area contributed by atoms with Crippen molar-refractivity contribution in [2.24, 2.45) is 0 Å². The van der Waals surface area contributed by atoms with Crippen LogP contribution in [0.4, 0.5) is 0 Å². The summed E-state index contributed by atoms with van der Waals surface area (Å²) in [6.07, 6.45) is 3.05. The van der Waals surface area contributed by atoms with Crippen molar-refractivity contribution >= 4 is 22.4 Å². The fourth-order valence-electron chi connectivity index (χ4n) is 2.44. The third-order valence-corrected chi connectivity index (χ3v) is 4.96. The minimum absolute atomic E-state index is 0.431. The summed E-state index contributed by atoms with van der Waals surface area (Å²) in [5, 5.41) is 4.43. The predicted octanol–water partition coefficient (Wildman–Crippen LogP) is 2.77. The molecule has 100 valence electrons. The van der Waals surface area contributed by atoms with Gasteiger partial charge in [0.15, 0.2) is 0 Å². The van der Waals surface area contributed by atoms with Gasteiger partial charge in [0.1, 0.15) is 0 Å². The molecule has 1 saturated heterocycles. The maximum atomic E-state index is 11.3. The zero-order valence-corrected chi connectivity index (χ0v) is 12.3. The standard InChI is InChI=1S/C14H20ClNOS/c1-11(9-12-3-2-4-13(15)10-12)16-14-5-7-18(17)8-6-14/h2-4,10-11,14,16H,5-9H2,1H3. The van der Waals surface area contributed by atoms with Crippen molar-refractivity contribution in [1.29, 1.82) is 0 Å². The molecule has 0 aliphatic carbocycles. The van der Waals surface area contributed by atoms with Gasteiger partial charge >= 0.3 is 0 Å². The molecular weight excluding hydrogens is 266 g/mol. The molecule has 0 saturated carbocycles. The van der Waals surface area contributed by atoms with Crippen molar-refractivity contribution in [3.8, 4) is 0 Å². The van der Waals surface area contributed by atoms with Crippen molar-refractivity contribution in [1.82, 2.24) is 5.32 Å². The van der Waals surface area contributed by atoms with Gasteiger partial charge in [0.25, 0.3) is 0 Å². The van der Waals surface area contributed by atoms with E-state index in [9.17, 15) is 4.21 Å². The quantitative estimate of drug-likeness (QED) is 0.922. The third-order valence-electron chi connectivity index (χ3n) is 3.34. The van der Waals surface area contributed by atoms with Crippen LogP contribution in [-0.4, -0.2) is 27.8 Å². The van der Waals surface area contributed by atoms with E-state index in [0.717, 1.165) is 35.8 Å². The van der Waals surface area contributed by atoms with E-state index in [1.54, 1.807) is 0 Å². The molecule has 1 aromatic rings. The van der Waals surface area contributed by atoms with Crippen LogP contribution in [0.25, 0.3) is 0 Å². The Labute approximate surface area is 117 Å². The number of nitrogens with one attached hydrogen (secondary N) is 1. The second-order valence-corrected chi connectivity index (χ2v) is 7.16. The summed E-state index contributed by atoms with van der Waals surface area (Å²) in [5.74, 6) is 1.70. The number of hydrogen-bond acceptors (Lipinski definition) is 2. The Balaban J connectivity index is 1.81. The Kier molecular flexibility index (Phi) is 5.22. The van der Waals surface area contributed by atoms with Crippen LogP contribution in [0.1, 0.15) is 25.3 Å². The second kappa shape index (κ2) is 6.69. The van der Waals surface area contributed by atoms with Crippen LogP contribution < -0.4 is 5.32 Å². The van der Waals surface area contributed by atoms with E-state index >= 15 is 0 Å². The first-order valence-corrected chi connectivity index (χ1v) is 8.35. The van der Waals surface area contributed by atoms with Crippen LogP contribution in [-0.2, 0) is 17.2 Å². The molecule has 0 spiro atoms. The SMILES string of the molecule is CC(Cc1cccc(Cl)c1)NC1CCS(=O)CC1. The highest BCUT2D eigenvalue weighted by molar-refractivity contribution is 7.85. The van der Waals surface area contributed by atoms with Gasteiger partial charge in [-0.15, -0.1) is 0 Å². The molecule has 1 aliphatic rings. The first-order valence-electron chi connectivity index (χ1n) is 6.49. The molecule has 0 amide bonds. The van der Waals surface area contributed by atoms with Crippen LogP contribution in [0.15, 0.2) is 24.3 Å². The zero-order chi connectivity index (χ0) is 13.0. The predicted molar refractivity (Wildman–Crippen MR) is 78.7 cm³/mol. The van der Waals surface area contributed by atoms with E-state index in [-0.39, 0.29) is 0 Å². The zero-order valence-electron chi connectivity index (χ0n) is 10.7. The maximum Gasteiger partial charge on any atom is 0.0408 e. The summed E-state index contributed by atoms with van der Waals surface area (Å²) in [5.41, 5.74) is 1.27. The van der Waals surface area contributed by atoms with Crippen molar-refractivity contribution in [2.75, 3.05) is 11.5 Å². The van der Waals surface area contributed by atoms with E-state index < -0.39 is 10.8 Å². The molecule has 1 fully saturated rings. The molecule has 1 aliphatic heterocycles. The number of halogens is 1. The Bertz CT molecular complexity index is 414. The van der Waals surface area contributed by atoms with Crippen molar-refractivity contribution in [3.05, 3.63) is 34.9 Å². The van der Waals surface area contributed by atoms with Gasteiger partial charge in [-0.2, -0.15) is 0 Å². The minimum atomic E-state index is -0.574. The summed E-state index contributed by atoms with van der Waals surface area (Å²) in [4.78, 5) is 0. The van der Waals surface area contributed by atoms with Gasteiger partial charge in [-0.3, -0.25) is 4.21 Å². The van der Waals surface area contributed by atoms with Crippen molar-refractivity contribution in [2.45, 2.75) is 38.3 Å². The Hall–Kier alpha value is -0.380. The first kappa shape index (κ1) is 14.0. The van der Waals surface area contributed by atoms with E-state index in [1.165, 1.54) is 5.56 Å². The molecule has 1 heterocycles. The number of benzene rings is 1. The first-order chi connectivity index (χ1) is 8.63. The van der Waals surface area contributed by atoms with Gasteiger partial charge in [0, 0.05) is 39.4 Å². The lowest BCUT2D eigenvalue weighted by Gasteiger charge is -2.26. The number of hydrogen-bond donors (Lipinski definition) is 1. The van der Waals surface area contributed by atoms with Gasteiger partial charge in [-0.1, -0.05) is 23.7 Å². The monoisotopic (exact) mass is 285 g/mol. The minimum Gasteiger partial charge on any atom is -0.311 e. The highest BCUT2D eigenvalue weighted by atomic mass is 35.5. The summed E-state index contributed by atoms with van der Waals surface area (Å²) in [7, 11) is -0.574. The molecule has 1 unspecified atom stereocenters. The van der Waals surface area contributed by atoms with Crippen LogP contribution in [0, 0.1) is 0 Å². The van der Waals surface area contributed by atoms with Crippen molar-refractivity contribution < 1.29 is 4.21 Å². The van der Waals surface area contributed by atoms with Gasteiger partial charge < -0.3 is 5.32 Å². The molecule has 0 radical (unpaired) electrons. The molecule has 4 heteroatoms. The highest BCUT2D eigenvalue weighted by Crippen LogP contribution is 2.14. The average molecular weight is 286 g/mol. The van der Waals surface area contributed by atoms with Crippen LogP contribution in [0.5, 0.6) is 0 Å². The number of rotatable bonds is 4. The smallest absolute Gasteiger partial charge is 0.0408 e. The summed E-state index contributed by atoms with van der Waals surface area (Å²) >= 11 is 5.98. The Morgan fingerprint density at radius 3 is 2.83 bits per heavy atom. The third kappa shape index (κ3) is 4.38. The largest absolute Gasteiger partial charge is 0.311 e. The molecule has 1 atom stereocenters.